The molecule has 1 saturated heterocycles. The maximum absolute atomic E-state index is 12.5. The predicted molar refractivity (Wildman–Crippen MR) is 77.9 cm³/mol. The molecule has 1 atom stereocenters. The number of anilines is 1. The number of amides is 1. The van der Waals surface area contributed by atoms with Gasteiger partial charge in [0.05, 0.1) is 18.2 Å². The number of benzene rings is 1. The van der Waals surface area contributed by atoms with E-state index in [1.54, 1.807) is 4.90 Å². The van der Waals surface area contributed by atoms with Crippen LogP contribution in [0.5, 0.6) is 0 Å². The average molecular weight is 322 g/mol. The van der Waals surface area contributed by atoms with Gasteiger partial charge in [-0.15, -0.1) is 0 Å². The Kier molecular flexibility index (Phi) is 4.23. The fourth-order valence-electron chi connectivity index (χ4n) is 2.29. The molecule has 5 heteroatoms. The fraction of sp³-hybridized carbons (Fsp3) is 0.429. The molecule has 1 aliphatic rings. The topological polar surface area (TPSA) is 47.3 Å². The molecule has 1 unspecified atom stereocenters. The summed E-state index contributed by atoms with van der Waals surface area (Å²) in [5, 5.41) is 8.85. The molecule has 1 fully saturated rings. The summed E-state index contributed by atoms with van der Waals surface area (Å²) >= 11 is 3.51. The average Bonchev–Trinajstić information content (AvgIpc) is 2.36. The van der Waals surface area contributed by atoms with Gasteiger partial charge in [-0.1, -0.05) is 6.07 Å². The van der Waals surface area contributed by atoms with Crippen LogP contribution in [0.25, 0.3) is 0 Å². The Bertz CT molecular complexity index is 538. The van der Waals surface area contributed by atoms with Crippen LogP contribution < -0.4 is 4.90 Å². The lowest BCUT2D eigenvalue weighted by Crippen LogP contribution is -2.55. The highest BCUT2D eigenvalue weighted by molar-refractivity contribution is 9.10. The lowest BCUT2D eigenvalue weighted by Gasteiger charge is -2.38. The number of carbonyl (C=O) groups excluding carboxylic acids is 1. The number of aryl methyl sites for hydroxylation is 1. The third-order valence-electron chi connectivity index (χ3n) is 3.44. The van der Waals surface area contributed by atoms with Crippen molar-refractivity contribution in [2.75, 3.05) is 25.0 Å². The summed E-state index contributed by atoms with van der Waals surface area (Å²) < 4.78 is 0.918. The van der Waals surface area contributed by atoms with Crippen LogP contribution in [0.15, 0.2) is 22.7 Å². The lowest BCUT2D eigenvalue weighted by molar-refractivity contribution is -0.125. The second-order valence-electron chi connectivity index (χ2n) is 4.80. The van der Waals surface area contributed by atoms with Gasteiger partial charge in [0.2, 0.25) is 5.91 Å². The first-order valence-corrected chi connectivity index (χ1v) is 6.98. The Balaban J connectivity index is 2.30. The highest BCUT2D eigenvalue weighted by atomic mass is 79.9. The van der Waals surface area contributed by atoms with Gasteiger partial charge in [0.15, 0.2) is 0 Å². The Labute approximate surface area is 121 Å². The third-order valence-corrected chi connectivity index (χ3v) is 4.07. The Morgan fingerprint density at radius 1 is 1.47 bits per heavy atom. The maximum atomic E-state index is 12.5. The van der Waals surface area contributed by atoms with Crippen molar-refractivity contribution in [3.8, 4) is 6.07 Å². The Morgan fingerprint density at radius 2 is 2.21 bits per heavy atom. The van der Waals surface area contributed by atoms with E-state index >= 15 is 0 Å². The van der Waals surface area contributed by atoms with Crippen LogP contribution in [-0.2, 0) is 4.79 Å². The van der Waals surface area contributed by atoms with E-state index in [-0.39, 0.29) is 18.4 Å². The molecule has 1 aromatic rings. The molecule has 0 saturated carbocycles. The number of nitrogens with zero attached hydrogens (tertiary/aromatic N) is 3. The molecule has 2 rings (SSSR count). The molecule has 0 spiro atoms. The highest BCUT2D eigenvalue weighted by Gasteiger charge is 2.33. The Hall–Kier alpha value is -1.38. The van der Waals surface area contributed by atoms with Gasteiger partial charge in [-0.25, -0.2) is 0 Å². The standard InChI is InChI=1S/C14H16BrN3O/c1-10-3-4-12(11(15)9-10)18-8-7-17(2)13(5-6-16)14(18)19/h3-4,9,13H,5,7-8H2,1-2H3. The second kappa shape index (κ2) is 5.72. The van der Waals surface area contributed by atoms with E-state index in [0.29, 0.717) is 6.54 Å². The molecule has 0 N–H and O–H groups in total. The van der Waals surface area contributed by atoms with Gasteiger partial charge in [-0.3, -0.25) is 9.69 Å². The van der Waals surface area contributed by atoms with Gasteiger partial charge in [0, 0.05) is 17.6 Å². The zero-order valence-corrected chi connectivity index (χ0v) is 12.6. The van der Waals surface area contributed by atoms with Gasteiger partial charge in [0.25, 0.3) is 0 Å². The summed E-state index contributed by atoms with van der Waals surface area (Å²) in [5.74, 6) is -0.000136. The van der Waals surface area contributed by atoms with E-state index in [9.17, 15) is 4.79 Å². The third kappa shape index (κ3) is 2.80. The zero-order valence-electron chi connectivity index (χ0n) is 11.1. The molecule has 0 aromatic heterocycles. The minimum absolute atomic E-state index is 0.000136. The van der Waals surface area contributed by atoms with E-state index < -0.39 is 0 Å². The first-order chi connectivity index (χ1) is 9.04. The van der Waals surface area contributed by atoms with Crippen LogP contribution in [0.3, 0.4) is 0 Å². The summed E-state index contributed by atoms with van der Waals surface area (Å²) in [5.41, 5.74) is 2.03. The van der Waals surface area contributed by atoms with Crippen LogP contribution in [-0.4, -0.2) is 37.0 Å². The molecule has 0 radical (unpaired) electrons. The van der Waals surface area contributed by atoms with Crippen molar-refractivity contribution in [2.45, 2.75) is 19.4 Å². The molecular formula is C14H16BrN3O. The molecule has 0 aliphatic carbocycles. The van der Waals surface area contributed by atoms with E-state index in [0.717, 1.165) is 22.3 Å². The first kappa shape index (κ1) is 14.0. The van der Waals surface area contributed by atoms with Crippen molar-refractivity contribution in [3.63, 3.8) is 0 Å². The second-order valence-corrected chi connectivity index (χ2v) is 5.66. The number of likely N-dealkylation sites (N-methyl/N-ethyl adjacent to an activating group) is 1. The van der Waals surface area contributed by atoms with Gasteiger partial charge >= 0.3 is 0 Å². The van der Waals surface area contributed by atoms with Crippen molar-refractivity contribution in [2.24, 2.45) is 0 Å². The van der Waals surface area contributed by atoms with E-state index in [1.807, 2.05) is 37.1 Å². The van der Waals surface area contributed by atoms with E-state index in [2.05, 4.69) is 22.0 Å². The number of hydrogen-bond acceptors (Lipinski definition) is 3. The molecule has 1 aliphatic heterocycles. The molecular weight excluding hydrogens is 306 g/mol. The molecule has 1 amide bonds. The van der Waals surface area contributed by atoms with Crippen molar-refractivity contribution in [1.82, 2.24) is 4.90 Å². The van der Waals surface area contributed by atoms with Crippen molar-refractivity contribution in [3.05, 3.63) is 28.2 Å². The number of piperazine rings is 1. The molecule has 1 heterocycles. The van der Waals surface area contributed by atoms with Crippen LogP contribution >= 0.6 is 15.9 Å². The summed E-state index contributed by atoms with van der Waals surface area (Å²) in [7, 11) is 1.89. The SMILES string of the molecule is Cc1ccc(N2CCN(C)C(CC#N)C2=O)c(Br)c1. The molecule has 0 bridgehead atoms. The summed E-state index contributed by atoms with van der Waals surface area (Å²) in [6, 6.07) is 7.69. The Morgan fingerprint density at radius 3 is 2.84 bits per heavy atom. The first-order valence-electron chi connectivity index (χ1n) is 6.19. The van der Waals surface area contributed by atoms with Gasteiger partial charge in [-0.05, 0) is 47.6 Å². The van der Waals surface area contributed by atoms with Gasteiger partial charge < -0.3 is 4.90 Å². The van der Waals surface area contributed by atoms with Crippen LogP contribution in [0.1, 0.15) is 12.0 Å². The molecule has 4 nitrogen and oxygen atoms in total. The van der Waals surface area contributed by atoms with Crippen molar-refractivity contribution < 1.29 is 4.79 Å². The molecule has 1 aromatic carbocycles. The van der Waals surface area contributed by atoms with Crippen LogP contribution in [0.4, 0.5) is 5.69 Å². The summed E-state index contributed by atoms with van der Waals surface area (Å²) in [6.45, 7) is 3.44. The van der Waals surface area contributed by atoms with Crippen molar-refractivity contribution in [1.29, 1.82) is 5.26 Å². The predicted octanol–water partition coefficient (Wildman–Crippen LogP) is 2.32. The monoisotopic (exact) mass is 321 g/mol. The van der Waals surface area contributed by atoms with E-state index in [4.69, 9.17) is 5.26 Å². The minimum Gasteiger partial charge on any atom is -0.309 e. The van der Waals surface area contributed by atoms with Crippen LogP contribution in [0.2, 0.25) is 0 Å². The zero-order chi connectivity index (χ0) is 14.0. The largest absolute Gasteiger partial charge is 0.309 e. The van der Waals surface area contributed by atoms with Gasteiger partial charge in [0.1, 0.15) is 6.04 Å². The normalized spacial score (nSPS) is 20.4. The van der Waals surface area contributed by atoms with Gasteiger partial charge in [-0.2, -0.15) is 5.26 Å². The van der Waals surface area contributed by atoms with Crippen molar-refractivity contribution >= 4 is 27.5 Å². The smallest absolute Gasteiger partial charge is 0.245 e. The minimum atomic E-state index is -0.341. The summed E-state index contributed by atoms with van der Waals surface area (Å²) in [4.78, 5) is 16.2. The van der Waals surface area contributed by atoms with E-state index in [1.165, 1.54) is 0 Å². The number of halogens is 1. The fourth-order valence-corrected chi connectivity index (χ4v) is 3.00. The summed E-state index contributed by atoms with van der Waals surface area (Å²) in [6.07, 6.45) is 0.231. The lowest BCUT2D eigenvalue weighted by atomic mass is 10.1. The number of carbonyl (C=O) groups is 1. The molecule has 100 valence electrons. The highest BCUT2D eigenvalue weighted by Crippen LogP contribution is 2.29. The molecule has 19 heavy (non-hydrogen) atoms. The van der Waals surface area contributed by atoms with Crippen LogP contribution in [0, 0.1) is 18.3 Å². The number of hydrogen-bond donors (Lipinski definition) is 0. The quantitative estimate of drug-likeness (QED) is 0.839. The number of nitriles is 1. The number of rotatable bonds is 2. The maximum Gasteiger partial charge on any atom is 0.245 e.